The Balaban J connectivity index is 3.05. The van der Waals surface area contributed by atoms with E-state index in [1.165, 1.54) is 6.07 Å². The molecule has 2 unspecified atom stereocenters. The maximum absolute atomic E-state index is 10.7. The Morgan fingerprint density at radius 3 is 2.58 bits per heavy atom. The van der Waals surface area contributed by atoms with Gasteiger partial charge in [0.2, 0.25) is 5.91 Å². The molecule has 0 fully saturated rings. The van der Waals surface area contributed by atoms with Crippen LogP contribution in [-0.4, -0.2) is 33.4 Å². The molecule has 1 amide bonds. The van der Waals surface area contributed by atoms with E-state index < -0.39 is 35.1 Å². The number of carbonyl (C=O) groups is 2. The summed E-state index contributed by atoms with van der Waals surface area (Å²) >= 11 is 0. The summed E-state index contributed by atoms with van der Waals surface area (Å²) in [5.41, 5.74) is 4.32. The predicted molar refractivity (Wildman–Crippen MR) is 63.3 cm³/mol. The van der Waals surface area contributed by atoms with E-state index >= 15 is 0 Å². The van der Waals surface area contributed by atoms with Crippen molar-refractivity contribution in [3.8, 4) is 0 Å². The molecule has 19 heavy (non-hydrogen) atoms. The zero-order valence-corrected chi connectivity index (χ0v) is 9.72. The fourth-order valence-corrected chi connectivity index (χ4v) is 1.56. The number of nitro benzene ring substituents is 1. The van der Waals surface area contributed by atoms with Crippen molar-refractivity contribution in [3.63, 3.8) is 0 Å². The molecule has 4 N–H and O–H groups in total. The monoisotopic (exact) mass is 268 g/mol. The smallest absolute Gasteiger partial charge is 0.279 e. The number of carbonyl (C=O) groups excluding carboxylic acids is 2. The number of nitro groups is 1. The average Bonchev–Trinajstić information content (AvgIpc) is 2.36. The largest absolute Gasteiger partial charge is 0.390 e. The predicted octanol–water partition coefficient (Wildman–Crippen LogP) is -0.323. The molecule has 2 atom stereocenters. The van der Waals surface area contributed by atoms with Gasteiger partial charge in [-0.25, -0.2) is 0 Å². The van der Waals surface area contributed by atoms with Crippen LogP contribution in [0.2, 0.25) is 0 Å². The average molecular weight is 268 g/mol. The van der Waals surface area contributed by atoms with Crippen molar-refractivity contribution in [1.29, 1.82) is 0 Å². The van der Waals surface area contributed by atoms with E-state index in [-0.39, 0.29) is 17.4 Å². The lowest BCUT2D eigenvalue weighted by molar-refractivity contribution is -0.385. The van der Waals surface area contributed by atoms with Crippen LogP contribution >= 0.6 is 0 Å². The van der Waals surface area contributed by atoms with Crippen LogP contribution in [0.1, 0.15) is 28.4 Å². The Morgan fingerprint density at radius 2 is 2.11 bits per heavy atom. The highest BCUT2D eigenvalue weighted by Crippen LogP contribution is 2.24. The summed E-state index contributed by atoms with van der Waals surface area (Å²) in [6.07, 6.45) is -3.10. The Hall–Kier alpha value is -2.32. The summed E-state index contributed by atoms with van der Waals surface area (Å²) in [5.74, 6) is -0.802. The third-order valence-corrected chi connectivity index (χ3v) is 2.49. The normalized spacial score (nSPS) is 13.6. The maximum Gasteiger partial charge on any atom is 0.279 e. The summed E-state index contributed by atoms with van der Waals surface area (Å²) in [6.45, 7) is 0. The molecule has 0 aliphatic heterocycles. The maximum atomic E-state index is 10.7. The number of nitrogens with two attached hydrogens (primary N) is 1. The van der Waals surface area contributed by atoms with Gasteiger partial charge in [0.1, 0.15) is 6.10 Å². The first kappa shape index (κ1) is 14.7. The van der Waals surface area contributed by atoms with Crippen LogP contribution in [0.25, 0.3) is 0 Å². The van der Waals surface area contributed by atoms with Gasteiger partial charge < -0.3 is 15.9 Å². The number of aldehydes is 1. The van der Waals surface area contributed by atoms with Crippen LogP contribution in [0.4, 0.5) is 5.69 Å². The number of nitrogens with zero attached hydrogens (tertiary/aromatic N) is 1. The van der Waals surface area contributed by atoms with Crippen molar-refractivity contribution in [2.24, 2.45) is 5.73 Å². The highest BCUT2D eigenvalue weighted by atomic mass is 16.6. The number of benzene rings is 1. The van der Waals surface area contributed by atoms with Gasteiger partial charge in [-0.3, -0.25) is 19.7 Å². The van der Waals surface area contributed by atoms with Crippen LogP contribution in [0.15, 0.2) is 18.2 Å². The van der Waals surface area contributed by atoms with Crippen LogP contribution < -0.4 is 5.73 Å². The first-order valence-electron chi connectivity index (χ1n) is 5.24. The van der Waals surface area contributed by atoms with E-state index in [0.717, 1.165) is 12.1 Å². The van der Waals surface area contributed by atoms with Gasteiger partial charge in [0, 0.05) is 6.07 Å². The fraction of sp³-hybridized carbons (Fsp3) is 0.273. The van der Waals surface area contributed by atoms with Crippen LogP contribution in [0.5, 0.6) is 0 Å². The minimum Gasteiger partial charge on any atom is -0.390 e. The molecule has 1 rings (SSSR count). The molecular formula is C11H12N2O6. The molecule has 0 radical (unpaired) electrons. The molecular weight excluding hydrogens is 256 g/mol. The highest BCUT2D eigenvalue weighted by molar-refractivity contribution is 5.81. The van der Waals surface area contributed by atoms with Gasteiger partial charge in [0.15, 0.2) is 6.29 Å². The first-order chi connectivity index (χ1) is 8.86. The summed E-state index contributed by atoms with van der Waals surface area (Å²) in [5, 5.41) is 29.9. The van der Waals surface area contributed by atoms with Crippen molar-refractivity contribution in [3.05, 3.63) is 39.4 Å². The lowest BCUT2D eigenvalue weighted by atomic mass is 9.99. The molecule has 0 spiro atoms. The number of aliphatic hydroxyl groups is 2. The molecule has 1 aromatic rings. The van der Waals surface area contributed by atoms with E-state index in [2.05, 4.69) is 0 Å². The number of hydrogen-bond donors (Lipinski definition) is 3. The van der Waals surface area contributed by atoms with Crippen molar-refractivity contribution < 1.29 is 24.7 Å². The second-order valence-corrected chi connectivity index (χ2v) is 3.88. The zero-order valence-electron chi connectivity index (χ0n) is 9.72. The Morgan fingerprint density at radius 1 is 1.47 bits per heavy atom. The van der Waals surface area contributed by atoms with E-state index in [1.54, 1.807) is 0 Å². The van der Waals surface area contributed by atoms with Gasteiger partial charge in [-0.2, -0.15) is 0 Å². The number of amides is 1. The van der Waals surface area contributed by atoms with Crippen molar-refractivity contribution >= 4 is 17.9 Å². The molecule has 1 aromatic carbocycles. The quantitative estimate of drug-likeness (QED) is 0.366. The van der Waals surface area contributed by atoms with Gasteiger partial charge in [0.25, 0.3) is 5.69 Å². The number of aliphatic hydroxyl groups excluding tert-OH is 2. The topological polar surface area (TPSA) is 144 Å². The van der Waals surface area contributed by atoms with Gasteiger partial charge in [-0.1, -0.05) is 0 Å². The highest BCUT2D eigenvalue weighted by Gasteiger charge is 2.23. The molecule has 0 saturated carbocycles. The molecule has 8 heteroatoms. The minimum atomic E-state index is -1.47. The number of primary amides is 1. The third kappa shape index (κ3) is 3.57. The summed E-state index contributed by atoms with van der Waals surface area (Å²) in [7, 11) is 0. The molecule has 0 bridgehead atoms. The zero-order chi connectivity index (χ0) is 14.6. The molecule has 0 aromatic heterocycles. The van der Waals surface area contributed by atoms with Gasteiger partial charge >= 0.3 is 0 Å². The van der Waals surface area contributed by atoms with Crippen LogP contribution in [0, 0.1) is 10.1 Å². The van der Waals surface area contributed by atoms with Gasteiger partial charge in [-0.15, -0.1) is 0 Å². The van der Waals surface area contributed by atoms with E-state index in [0.29, 0.717) is 0 Å². The second-order valence-electron chi connectivity index (χ2n) is 3.88. The lowest BCUT2D eigenvalue weighted by Crippen LogP contribution is -2.25. The van der Waals surface area contributed by atoms with E-state index in [9.17, 15) is 29.9 Å². The lowest BCUT2D eigenvalue weighted by Gasteiger charge is -2.17. The van der Waals surface area contributed by atoms with E-state index in [4.69, 9.17) is 5.73 Å². The standard InChI is InChI=1S/C11H12N2O6/c12-10(16)4-9(15)11(17)6-1-2-8(13(18)19)7(3-6)5-14/h1-3,5,9,11,15,17H,4H2,(H2,12,16). The van der Waals surface area contributed by atoms with E-state index in [1.807, 2.05) is 0 Å². The Labute approximate surface area is 107 Å². The van der Waals surface area contributed by atoms with Crippen molar-refractivity contribution in [1.82, 2.24) is 0 Å². The molecule has 0 aliphatic carbocycles. The summed E-state index contributed by atoms with van der Waals surface area (Å²) < 4.78 is 0. The fourth-order valence-electron chi connectivity index (χ4n) is 1.56. The molecule has 0 heterocycles. The Kier molecular flexibility index (Phi) is 4.67. The van der Waals surface area contributed by atoms with Gasteiger partial charge in [-0.05, 0) is 17.7 Å². The first-order valence-corrected chi connectivity index (χ1v) is 5.24. The second kappa shape index (κ2) is 6.03. The minimum absolute atomic E-state index is 0.0847. The molecule has 102 valence electrons. The SMILES string of the molecule is NC(=O)CC(O)C(O)c1ccc([N+](=O)[O-])c(C=O)c1. The van der Waals surface area contributed by atoms with Gasteiger partial charge in [0.05, 0.1) is 23.0 Å². The number of rotatable bonds is 6. The molecule has 0 aliphatic rings. The van der Waals surface area contributed by atoms with Crippen molar-refractivity contribution in [2.75, 3.05) is 0 Å². The third-order valence-electron chi connectivity index (χ3n) is 2.49. The van der Waals surface area contributed by atoms with Crippen molar-refractivity contribution in [2.45, 2.75) is 18.6 Å². The summed E-state index contributed by atoms with van der Waals surface area (Å²) in [4.78, 5) is 31.2. The van der Waals surface area contributed by atoms with Crippen LogP contribution in [-0.2, 0) is 4.79 Å². The summed E-state index contributed by atoms with van der Waals surface area (Å²) in [6, 6.07) is 3.32. The molecule has 0 saturated heterocycles. The number of hydrogen-bond acceptors (Lipinski definition) is 6. The van der Waals surface area contributed by atoms with Crippen LogP contribution in [0.3, 0.4) is 0 Å². The Bertz CT molecular complexity index is 516. The molecule has 8 nitrogen and oxygen atoms in total.